The van der Waals surface area contributed by atoms with Crippen LogP contribution in [0.5, 0.6) is 0 Å². The number of nitrogens with one attached hydrogen (secondary N) is 2. The summed E-state index contributed by atoms with van der Waals surface area (Å²) in [4.78, 5) is 29.1. The van der Waals surface area contributed by atoms with Crippen LogP contribution in [0.4, 0.5) is 32.5 Å². The summed E-state index contributed by atoms with van der Waals surface area (Å²) in [6.07, 6.45) is 4.04. The van der Waals surface area contributed by atoms with Crippen LogP contribution in [0.25, 0.3) is 0 Å². The summed E-state index contributed by atoms with van der Waals surface area (Å²) in [5, 5.41) is 6.20. The highest BCUT2D eigenvalue weighted by atomic mass is 19.1. The number of rotatable bonds is 5. The Bertz CT molecular complexity index is 978. The smallest absolute Gasteiger partial charge is 0.410 e. The lowest BCUT2D eigenvalue weighted by atomic mass is 10.1. The summed E-state index contributed by atoms with van der Waals surface area (Å²) in [7, 11) is 0. The molecule has 2 aliphatic heterocycles. The van der Waals surface area contributed by atoms with Gasteiger partial charge < -0.3 is 29.9 Å². The van der Waals surface area contributed by atoms with Crippen molar-refractivity contribution in [3.05, 3.63) is 30.3 Å². The molecule has 10 nitrogen and oxygen atoms in total. The standard InChI is InChI=1S/C23H32FN7O3/c1-23(2,3)34-22(32)31-8-4-5-17(15-31)27-20-18(24)14-26-21(29-20)28-16-6-7-19(25-13-16)30-9-11-33-12-10-30/h6-7,13-14,17H,4-5,8-12,15H2,1-3H3,(H2,26,27,28,29). The second-order valence-electron chi connectivity index (χ2n) is 9.43. The van der Waals surface area contributed by atoms with Gasteiger partial charge in [-0.3, -0.25) is 0 Å². The van der Waals surface area contributed by atoms with Crippen molar-refractivity contribution in [2.75, 3.05) is 54.9 Å². The molecule has 0 aliphatic carbocycles. The first-order valence-corrected chi connectivity index (χ1v) is 11.6. The minimum absolute atomic E-state index is 0.0893. The molecule has 0 radical (unpaired) electrons. The lowest BCUT2D eigenvalue weighted by Gasteiger charge is -2.34. The van der Waals surface area contributed by atoms with Crippen molar-refractivity contribution in [1.82, 2.24) is 19.9 Å². The van der Waals surface area contributed by atoms with Crippen molar-refractivity contribution in [1.29, 1.82) is 0 Å². The van der Waals surface area contributed by atoms with Gasteiger partial charge in [0.05, 0.1) is 31.3 Å². The minimum atomic E-state index is -0.563. The highest BCUT2D eigenvalue weighted by Gasteiger charge is 2.28. The Balaban J connectivity index is 1.37. The molecule has 2 saturated heterocycles. The fraction of sp³-hybridized carbons (Fsp3) is 0.565. The van der Waals surface area contributed by atoms with E-state index in [1.807, 2.05) is 32.9 Å². The van der Waals surface area contributed by atoms with Gasteiger partial charge in [-0.05, 0) is 45.7 Å². The molecule has 0 bridgehead atoms. The number of amides is 1. The van der Waals surface area contributed by atoms with Crippen molar-refractivity contribution < 1.29 is 18.7 Å². The number of hydrogen-bond acceptors (Lipinski definition) is 9. The van der Waals surface area contributed by atoms with Gasteiger partial charge >= 0.3 is 6.09 Å². The van der Waals surface area contributed by atoms with Gasteiger partial charge in [0.15, 0.2) is 11.6 Å². The normalized spacial score (nSPS) is 19.0. The maximum Gasteiger partial charge on any atom is 0.410 e. The number of anilines is 4. The van der Waals surface area contributed by atoms with Crippen molar-refractivity contribution >= 4 is 29.4 Å². The number of carbonyl (C=O) groups is 1. The van der Waals surface area contributed by atoms with Crippen LogP contribution in [0.2, 0.25) is 0 Å². The number of nitrogens with zero attached hydrogens (tertiary/aromatic N) is 5. The molecule has 11 heteroatoms. The van der Waals surface area contributed by atoms with E-state index in [4.69, 9.17) is 9.47 Å². The number of carbonyl (C=O) groups excluding carboxylic acids is 1. The van der Waals surface area contributed by atoms with Gasteiger partial charge in [0.25, 0.3) is 0 Å². The van der Waals surface area contributed by atoms with Crippen LogP contribution < -0.4 is 15.5 Å². The predicted molar refractivity (Wildman–Crippen MR) is 127 cm³/mol. The largest absolute Gasteiger partial charge is 0.444 e. The molecule has 1 amide bonds. The molecule has 0 saturated carbocycles. The van der Waals surface area contributed by atoms with Crippen molar-refractivity contribution in [3.63, 3.8) is 0 Å². The van der Waals surface area contributed by atoms with Gasteiger partial charge in [-0.2, -0.15) is 4.98 Å². The number of piperidine rings is 1. The van der Waals surface area contributed by atoms with E-state index in [0.29, 0.717) is 32.0 Å². The lowest BCUT2D eigenvalue weighted by Crippen LogP contribution is -2.47. The Hall–Kier alpha value is -3.21. The highest BCUT2D eigenvalue weighted by molar-refractivity contribution is 5.68. The summed E-state index contributed by atoms with van der Waals surface area (Å²) >= 11 is 0. The number of likely N-dealkylation sites (tertiary alicyclic amines) is 1. The summed E-state index contributed by atoms with van der Waals surface area (Å²) in [6, 6.07) is 3.66. The molecule has 34 heavy (non-hydrogen) atoms. The van der Waals surface area contributed by atoms with Crippen LogP contribution in [0.1, 0.15) is 33.6 Å². The number of hydrogen-bond donors (Lipinski definition) is 2. The molecule has 4 rings (SSSR count). The van der Waals surface area contributed by atoms with E-state index in [1.165, 1.54) is 0 Å². The van der Waals surface area contributed by atoms with Crippen molar-refractivity contribution in [3.8, 4) is 0 Å². The van der Waals surface area contributed by atoms with E-state index in [2.05, 4.69) is 30.5 Å². The molecular formula is C23H32FN7O3. The molecule has 2 aliphatic rings. The number of morpholine rings is 1. The maximum atomic E-state index is 14.5. The molecule has 0 aromatic carbocycles. The first kappa shape index (κ1) is 23.9. The van der Waals surface area contributed by atoms with E-state index >= 15 is 0 Å². The molecular weight excluding hydrogens is 441 g/mol. The summed E-state index contributed by atoms with van der Waals surface area (Å²) in [5.74, 6) is 0.667. The third kappa shape index (κ3) is 6.43. The Morgan fingerprint density at radius 1 is 1.18 bits per heavy atom. The molecule has 1 unspecified atom stereocenters. The molecule has 184 valence electrons. The Morgan fingerprint density at radius 3 is 2.68 bits per heavy atom. The first-order valence-electron chi connectivity index (χ1n) is 11.6. The van der Waals surface area contributed by atoms with Crippen LogP contribution in [0.3, 0.4) is 0 Å². The summed E-state index contributed by atoms with van der Waals surface area (Å²) in [6.45, 7) is 9.52. The third-order valence-corrected chi connectivity index (χ3v) is 5.50. The van der Waals surface area contributed by atoms with Gasteiger partial charge in [0.1, 0.15) is 11.4 Å². The average molecular weight is 474 g/mol. The van der Waals surface area contributed by atoms with Crippen LogP contribution in [0, 0.1) is 5.82 Å². The number of pyridine rings is 1. The number of halogens is 1. The fourth-order valence-corrected chi connectivity index (χ4v) is 3.88. The molecule has 4 heterocycles. The van der Waals surface area contributed by atoms with Gasteiger partial charge in [-0.15, -0.1) is 0 Å². The van der Waals surface area contributed by atoms with Crippen LogP contribution in [-0.4, -0.2) is 77.0 Å². The maximum absolute atomic E-state index is 14.5. The minimum Gasteiger partial charge on any atom is -0.444 e. The van der Waals surface area contributed by atoms with Gasteiger partial charge in [-0.1, -0.05) is 0 Å². The van der Waals surface area contributed by atoms with Gasteiger partial charge in [-0.25, -0.2) is 19.2 Å². The number of aromatic nitrogens is 3. The summed E-state index contributed by atoms with van der Waals surface area (Å²) in [5.41, 5.74) is 0.134. The van der Waals surface area contributed by atoms with Crippen molar-refractivity contribution in [2.24, 2.45) is 0 Å². The third-order valence-electron chi connectivity index (χ3n) is 5.50. The van der Waals surface area contributed by atoms with E-state index in [-0.39, 0.29) is 23.9 Å². The molecule has 2 fully saturated rings. The molecule has 0 spiro atoms. The average Bonchev–Trinajstić information content (AvgIpc) is 2.81. The topological polar surface area (TPSA) is 105 Å². The van der Waals surface area contributed by atoms with Crippen LogP contribution in [0.15, 0.2) is 24.5 Å². The van der Waals surface area contributed by atoms with Gasteiger partial charge in [0, 0.05) is 32.2 Å². The monoisotopic (exact) mass is 473 g/mol. The SMILES string of the molecule is CC(C)(C)OC(=O)N1CCCC(Nc2nc(Nc3ccc(N4CCOCC4)nc3)ncc2F)C1. The zero-order valence-electron chi connectivity index (χ0n) is 19.9. The molecule has 2 N–H and O–H groups in total. The molecule has 1 atom stereocenters. The number of ether oxygens (including phenoxy) is 2. The Labute approximate surface area is 198 Å². The summed E-state index contributed by atoms with van der Waals surface area (Å²) < 4.78 is 25.3. The van der Waals surface area contributed by atoms with E-state index in [1.54, 1.807) is 11.1 Å². The predicted octanol–water partition coefficient (Wildman–Crippen LogP) is 3.40. The van der Waals surface area contributed by atoms with E-state index in [0.717, 1.165) is 37.9 Å². The Morgan fingerprint density at radius 2 is 1.97 bits per heavy atom. The van der Waals surface area contributed by atoms with Crippen LogP contribution in [-0.2, 0) is 9.47 Å². The van der Waals surface area contributed by atoms with Gasteiger partial charge in [0.2, 0.25) is 5.95 Å². The Kier molecular flexibility index (Phi) is 7.30. The second-order valence-corrected chi connectivity index (χ2v) is 9.43. The van der Waals surface area contributed by atoms with Crippen molar-refractivity contribution in [2.45, 2.75) is 45.3 Å². The zero-order chi connectivity index (χ0) is 24.1. The van der Waals surface area contributed by atoms with E-state index < -0.39 is 11.4 Å². The quantitative estimate of drug-likeness (QED) is 0.676. The zero-order valence-corrected chi connectivity index (χ0v) is 19.9. The first-order chi connectivity index (χ1) is 16.3. The second kappa shape index (κ2) is 10.4. The molecule has 2 aromatic heterocycles. The fourth-order valence-electron chi connectivity index (χ4n) is 3.88. The van der Waals surface area contributed by atoms with Crippen LogP contribution >= 0.6 is 0 Å². The highest BCUT2D eigenvalue weighted by Crippen LogP contribution is 2.22. The van der Waals surface area contributed by atoms with E-state index in [9.17, 15) is 9.18 Å². The lowest BCUT2D eigenvalue weighted by molar-refractivity contribution is 0.0206. The molecule has 2 aromatic rings.